The highest BCUT2D eigenvalue weighted by molar-refractivity contribution is 5.76. The SMILES string of the molecule is CCCC(=O)NC1CCCOc2ccc(F)cc21. The fraction of sp³-hybridized carbons (Fsp3) is 0.500. The molecule has 0 radical (unpaired) electrons. The topological polar surface area (TPSA) is 38.3 Å². The van der Waals surface area contributed by atoms with Crippen LogP contribution in [0, 0.1) is 5.82 Å². The maximum atomic E-state index is 13.3. The van der Waals surface area contributed by atoms with Crippen molar-refractivity contribution < 1.29 is 13.9 Å². The average molecular weight is 251 g/mol. The van der Waals surface area contributed by atoms with E-state index in [9.17, 15) is 9.18 Å². The Morgan fingerprint density at radius 2 is 2.39 bits per heavy atom. The highest BCUT2D eigenvalue weighted by Crippen LogP contribution is 2.32. The summed E-state index contributed by atoms with van der Waals surface area (Å²) < 4.78 is 18.9. The van der Waals surface area contributed by atoms with Crippen LogP contribution >= 0.6 is 0 Å². The zero-order valence-corrected chi connectivity index (χ0v) is 10.5. The van der Waals surface area contributed by atoms with Gasteiger partial charge in [-0.1, -0.05) is 6.92 Å². The highest BCUT2D eigenvalue weighted by atomic mass is 19.1. The van der Waals surface area contributed by atoms with Gasteiger partial charge in [-0.15, -0.1) is 0 Å². The Balaban J connectivity index is 2.20. The monoisotopic (exact) mass is 251 g/mol. The summed E-state index contributed by atoms with van der Waals surface area (Å²) in [5, 5.41) is 2.96. The molecule has 1 atom stereocenters. The predicted molar refractivity (Wildman–Crippen MR) is 66.9 cm³/mol. The molecule has 2 rings (SSSR count). The maximum Gasteiger partial charge on any atom is 0.220 e. The molecule has 0 bridgehead atoms. The minimum absolute atomic E-state index is 0.0135. The van der Waals surface area contributed by atoms with Crippen LogP contribution in [0.15, 0.2) is 18.2 Å². The number of fused-ring (bicyclic) bond motifs is 1. The average Bonchev–Trinajstić information content (AvgIpc) is 2.52. The molecule has 0 aromatic heterocycles. The molecule has 0 aliphatic carbocycles. The van der Waals surface area contributed by atoms with Crippen molar-refractivity contribution in [3.63, 3.8) is 0 Å². The zero-order chi connectivity index (χ0) is 13.0. The number of carbonyl (C=O) groups is 1. The largest absolute Gasteiger partial charge is 0.493 e. The van der Waals surface area contributed by atoms with E-state index in [-0.39, 0.29) is 17.8 Å². The smallest absolute Gasteiger partial charge is 0.220 e. The van der Waals surface area contributed by atoms with Crippen LogP contribution in [0.1, 0.15) is 44.2 Å². The molecule has 98 valence electrons. The molecule has 18 heavy (non-hydrogen) atoms. The van der Waals surface area contributed by atoms with E-state index in [1.807, 2.05) is 6.92 Å². The Hall–Kier alpha value is -1.58. The minimum Gasteiger partial charge on any atom is -0.493 e. The number of ether oxygens (including phenoxy) is 1. The van der Waals surface area contributed by atoms with Gasteiger partial charge < -0.3 is 10.1 Å². The van der Waals surface area contributed by atoms with Crippen molar-refractivity contribution in [2.45, 2.75) is 38.6 Å². The lowest BCUT2D eigenvalue weighted by Crippen LogP contribution is -2.28. The van der Waals surface area contributed by atoms with E-state index >= 15 is 0 Å². The fourth-order valence-corrected chi connectivity index (χ4v) is 2.19. The molecule has 1 aliphatic rings. The van der Waals surface area contributed by atoms with Crippen LogP contribution in [0.25, 0.3) is 0 Å². The van der Waals surface area contributed by atoms with Gasteiger partial charge in [0.15, 0.2) is 0 Å². The minimum atomic E-state index is -0.297. The van der Waals surface area contributed by atoms with Gasteiger partial charge in [-0.3, -0.25) is 4.79 Å². The summed E-state index contributed by atoms with van der Waals surface area (Å²) in [6.07, 6.45) is 2.95. The Morgan fingerprint density at radius 1 is 1.56 bits per heavy atom. The Bertz CT molecular complexity index is 434. The Labute approximate surface area is 106 Å². The number of rotatable bonds is 3. The van der Waals surface area contributed by atoms with Gasteiger partial charge in [0.05, 0.1) is 12.6 Å². The zero-order valence-electron chi connectivity index (χ0n) is 10.5. The first-order valence-electron chi connectivity index (χ1n) is 6.42. The predicted octanol–water partition coefficient (Wildman–Crippen LogP) is 2.96. The van der Waals surface area contributed by atoms with Crippen LogP contribution in [0.5, 0.6) is 5.75 Å². The molecule has 0 spiro atoms. The van der Waals surface area contributed by atoms with Crippen LogP contribution in [0.4, 0.5) is 4.39 Å². The van der Waals surface area contributed by atoms with Gasteiger partial charge in [0.25, 0.3) is 0 Å². The molecule has 1 aromatic carbocycles. The quantitative estimate of drug-likeness (QED) is 0.897. The molecule has 1 amide bonds. The number of nitrogens with one attached hydrogen (secondary N) is 1. The molecule has 0 saturated carbocycles. The maximum absolute atomic E-state index is 13.3. The summed E-state index contributed by atoms with van der Waals surface area (Å²) in [4.78, 5) is 11.7. The summed E-state index contributed by atoms with van der Waals surface area (Å²) in [6.45, 7) is 2.57. The molecule has 0 fully saturated rings. The third kappa shape index (κ3) is 3.00. The van der Waals surface area contributed by atoms with Crippen LogP contribution in [0.2, 0.25) is 0 Å². The lowest BCUT2D eigenvalue weighted by atomic mass is 10.0. The van der Waals surface area contributed by atoms with Crippen LogP contribution in [-0.4, -0.2) is 12.5 Å². The van der Waals surface area contributed by atoms with E-state index in [1.165, 1.54) is 12.1 Å². The number of carbonyl (C=O) groups excluding carboxylic acids is 1. The molecule has 1 aromatic rings. The van der Waals surface area contributed by atoms with Gasteiger partial charge in [0.1, 0.15) is 11.6 Å². The highest BCUT2D eigenvalue weighted by Gasteiger charge is 2.21. The van der Waals surface area contributed by atoms with Crippen LogP contribution in [0.3, 0.4) is 0 Å². The molecular formula is C14H18FNO2. The van der Waals surface area contributed by atoms with E-state index in [2.05, 4.69) is 5.32 Å². The number of halogens is 1. The molecule has 3 nitrogen and oxygen atoms in total. The first kappa shape index (κ1) is 12.9. The standard InChI is InChI=1S/C14H18FNO2/c1-2-4-14(17)16-12-5-3-8-18-13-7-6-10(15)9-11(12)13/h6-7,9,12H,2-5,8H2,1H3,(H,16,17). The number of hydrogen-bond acceptors (Lipinski definition) is 2. The molecule has 1 unspecified atom stereocenters. The lowest BCUT2D eigenvalue weighted by Gasteiger charge is -2.18. The summed E-state index contributed by atoms with van der Waals surface area (Å²) in [6, 6.07) is 4.33. The van der Waals surface area contributed by atoms with Gasteiger partial charge in [0, 0.05) is 12.0 Å². The third-order valence-electron chi connectivity index (χ3n) is 3.05. The second-order valence-corrected chi connectivity index (χ2v) is 4.54. The summed E-state index contributed by atoms with van der Waals surface area (Å²) in [7, 11) is 0. The van der Waals surface area contributed by atoms with E-state index in [4.69, 9.17) is 4.74 Å². The van der Waals surface area contributed by atoms with E-state index in [1.54, 1.807) is 6.07 Å². The number of amides is 1. The van der Waals surface area contributed by atoms with Crippen molar-refractivity contribution in [1.82, 2.24) is 5.32 Å². The van der Waals surface area contributed by atoms with Crippen molar-refractivity contribution >= 4 is 5.91 Å². The molecule has 4 heteroatoms. The van der Waals surface area contributed by atoms with E-state index < -0.39 is 0 Å². The summed E-state index contributed by atoms with van der Waals surface area (Å²) in [5.74, 6) is 0.393. The third-order valence-corrected chi connectivity index (χ3v) is 3.05. The van der Waals surface area contributed by atoms with Gasteiger partial charge in [-0.25, -0.2) is 4.39 Å². The molecular weight excluding hydrogens is 233 g/mol. The van der Waals surface area contributed by atoms with Crippen LogP contribution < -0.4 is 10.1 Å². The second-order valence-electron chi connectivity index (χ2n) is 4.54. The summed E-state index contributed by atoms with van der Waals surface area (Å²) >= 11 is 0. The molecule has 1 aliphatic heterocycles. The molecule has 1 heterocycles. The van der Waals surface area contributed by atoms with Crippen LogP contribution in [-0.2, 0) is 4.79 Å². The first-order valence-corrected chi connectivity index (χ1v) is 6.42. The van der Waals surface area contributed by atoms with E-state index in [0.717, 1.165) is 24.8 Å². The van der Waals surface area contributed by atoms with Gasteiger partial charge in [0.2, 0.25) is 5.91 Å². The molecule has 1 N–H and O–H groups in total. The Kier molecular flexibility index (Phi) is 4.18. The van der Waals surface area contributed by atoms with Crippen molar-refractivity contribution in [2.24, 2.45) is 0 Å². The Morgan fingerprint density at radius 3 is 3.17 bits per heavy atom. The molecule has 0 saturated heterocycles. The van der Waals surface area contributed by atoms with Crippen molar-refractivity contribution in [2.75, 3.05) is 6.61 Å². The lowest BCUT2D eigenvalue weighted by molar-refractivity contribution is -0.121. The van der Waals surface area contributed by atoms with Crippen molar-refractivity contribution in [3.8, 4) is 5.75 Å². The summed E-state index contributed by atoms with van der Waals surface area (Å²) in [5.41, 5.74) is 0.747. The van der Waals surface area contributed by atoms with Gasteiger partial charge in [-0.05, 0) is 37.5 Å². The van der Waals surface area contributed by atoms with Crippen molar-refractivity contribution in [3.05, 3.63) is 29.6 Å². The normalized spacial score (nSPS) is 18.4. The van der Waals surface area contributed by atoms with Gasteiger partial charge >= 0.3 is 0 Å². The van der Waals surface area contributed by atoms with Gasteiger partial charge in [-0.2, -0.15) is 0 Å². The number of benzene rings is 1. The van der Waals surface area contributed by atoms with Crippen molar-refractivity contribution in [1.29, 1.82) is 0 Å². The second kappa shape index (κ2) is 5.85. The first-order chi connectivity index (χ1) is 8.70. The fourth-order valence-electron chi connectivity index (χ4n) is 2.19. The number of hydrogen-bond donors (Lipinski definition) is 1. The van der Waals surface area contributed by atoms with E-state index in [0.29, 0.717) is 18.8 Å².